The summed E-state index contributed by atoms with van der Waals surface area (Å²) in [5.41, 5.74) is 2.17. The molecule has 4 rings (SSSR count). The fourth-order valence-corrected chi connectivity index (χ4v) is 3.44. The molecule has 1 fully saturated rings. The van der Waals surface area contributed by atoms with E-state index in [1.165, 1.54) is 12.1 Å². The number of nitrogens with zero attached hydrogens (tertiary/aromatic N) is 2. The van der Waals surface area contributed by atoms with E-state index in [0.717, 1.165) is 29.6 Å². The second-order valence-corrected chi connectivity index (χ2v) is 6.54. The molecule has 0 saturated carbocycles. The zero-order chi connectivity index (χ0) is 18.6. The smallest absolute Gasteiger partial charge is 0.272 e. The summed E-state index contributed by atoms with van der Waals surface area (Å²) in [6.07, 6.45) is 0. The van der Waals surface area contributed by atoms with Crippen LogP contribution in [0.15, 0.2) is 48.5 Å². The Kier molecular flexibility index (Phi) is 5.13. The number of rotatable bonds is 5. The quantitative estimate of drug-likeness (QED) is 0.726. The van der Waals surface area contributed by atoms with Gasteiger partial charge in [0.05, 0.1) is 24.8 Å². The molecule has 1 atom stereocenters. The Hall–Kier alpha value is -2.77. The fraction of sp³-hybridized carbons (Fsp3) is 0.300. The van der Waals surface area contributed by atoms with Gasteiger partial charge < -0.3 is 10.1 Å². The Morgan fingerprint density at radius 3 is 2.70 bits per heavy atom. The van der Waals surface area contributed by atoms with Gasteiger partial charge in [0.1, 0.15) is 5.82 Å². The minimum absolute atomic E-state index is 0.0522. The van der Waals surface area contributed by atoms with Gasteiger partial charge in [-0.3, -0.25) is 14.8 Å². The van der Waals surface area contributed by atoms with Crippen molar-refractivity contribution in [1.29, 1.82) is 0 Å². The van der Waals surface area contributed by atoms with Gasteiger partial charge in [-0.1, -0.05) is 30.3 Å². The first kappa shape index (κ1) is 17.6. The predicted molar refractivity (Wildman–Crippen MR) is 100.0 cm³/mol. The van der Waals surface area contributed by atoms with Crippen molar-refractivity contribution < 1.29 is 13.9 Å². The second-order valence-electron chi connectivity index (χ2n) is 6.54. The lowest BCUT2D eigenvalue weighted by Gasteiger charge is -2.34. The van der Waals surface area contributed by atoms with E-state index in [0.29, 0.717) is 25.5 Å². The van der Waals surface area contributed by atoms with Crippen LogP contribution >= 0.6 is 0 Å². The Morgan fingerprint density at radius 1 is 1.19 bits per heavy atom. The number of carbonyl (C=O) groups excluding carboxylic acids is 1. The zero-order valence-corrected chi connectivity index (χ0v) is 14.8. The highest BCUT2D eigenvalue weighted by Gasteiger charge is 2.24. The molecular formula is C20H21FN4O2. The molecule has 140 valence electrons. The Labute approximate surface area is 156 Å². The molecule has 7 heteroatoms. The number of benzene rings is 2. The van der Waals surface area contributed by atoms with E-state index in [1.807, 2.05) is 24.3 Å². The van der Waals surface area contributed by atoms with Crippen LogP contribution in [-0.4, -0.2) is 53.9 Å². The monoisotopic (exact) mass is 368 g/mol. The van der Waals surface area contributed by atoms with E-state index in [1.54, 1.807) is 12.1 Å². The normalized spacial score (nSPS) is 16.3. The van der Waals surface area contributed by atoms with E-state index in [2.05, 4.69) is 20.4 Å². The number of para-hydroxylation sites is 1. The highest BCUT2D eigenvalue weighted by molar-refractivity contribution is 6.04. The van der Waals surface area contributed by atoms with E-state index in [9.17, 15) is 9.18 Å². The van der Waals surface area contributed by atoms with Crippen LogP contribution in [0, 0.1) is 5.82 Å². The summed E-state index contributed by atoms with van der Waals surface area (Å²) >= 11 is 0. The molecule has 1 saturated heterocycles. The first-order valence-corrected chi connectivity index (χ1v) is 9.01. The van der Waals surface area contributed by atoms with Crippen molar-refractivity contribution in [1.82, 2.24) is 20.4 Å². The number of aromatic nitrogens is 2. The van der Waals surface area contributed by atoms with E-state index >= 15 is 0 Å². The molecule has 6 nitrogen and oxygen atoms in total. The molecular weight excluding hydrogens is 347 g/mol. The van der Waals surface area contributed by atoms with Crippen LogP contribution in [0.25, 0.3) is 10.9 Å². The summed E-state index contributed by atoms with van der Waals surface area (Å²) < 4.78 is 18.8. The van der Waals surface area contributed by atoms with Crippen molar-refractivity contribution >= 4 is 16.8 Å². The topological polar surface area (TPSA) is 70.2 Å². The van der Waals surface area contributed by atoms with Gasteiger partial charge >= 0.3 is 0 Å². The molecule has 2 aromatic carbocycles. The molecule has 0 aliphatic carbocycles. The second kappa shape index (κ2) is 7.85. The van der Waals surface area contributed by atoms with Gasteiger partial charge in [-0.15, -0.1) is 0 Å². The van der Waals surface area contributed by atoms with Crippen molar-refractivity contribution in [3.8, 4) is 0 Å². The molecule has 3 aromatic rings. The summed E-state index contributed by atoms with van der Waals surface area (Å²) in [4.78, 5) is 14.9. The maximum atomic E-state index is 13.3. The fourth-order valence-electron chi connectivity index (χ4n) is 3.44. The van der Waals surface area contributed by atoms with Gasteiger partial charge in [-0.05, 0) is 23.8 Å². The molecule has 2 heterocycles. The summed E-state index contributed by atoms with van der Waals surface area (Å²) in [5, 5.41) is 10.8. The van der Waals surface area contributed by atoms with Crippen molar-refractivity contribution in [2.24, 2.45) is 0 Å². The lowest BCUT2D eigenvalue weighted by atomic mass is 10.0. The first-order chi connectivity index (χ1) is 13.2. The number of nitrogens with one attached hydrogen (secondary N) is 2. The predicted octanol–water partition coefficient (Wildman–Crippen LogP) is 2.51. The Bertz CT molecular complexity index is 919. The number of ether oxygens (including phenoxy) is 1. The maximum Gasteiger partial charge on any atom is 0.272 e. The lowest BCUT2D eigenvalue weighted by Crippen LogP contribution is -2.43. The summed E-state index contributed by atoms with van der Waals surface area (Å²) in [5.74, 6) is -0.501. The number of hydrogen-bond acceptors (Lipinski definition) is 4. The lowest BCUT2D eigenvalue weighted by molar-refractivity contribution is 0.0162. The number of halogens is 1. The molecule has 27 heavy (non-hydrogen) atoms. The van der Waals surface area contributed by atoms with E-state index < -0.39 is 0 Å². The number of morpholine rings is 1. The van der Waals surface area contributed by atoms with E-state index in [-0.39, 0.29) is 17.8 Å². The van der Waals surface area contributed by atoms with Crippen LogP contribution in [-0.2, 0) is 4.74 Å². The molecule has 0 spiro atoms. The van der Waals surface area contributed by atoms with Gasteiger partial charge in [0.2, 0.25) is 0 Å². The highest BCUT2D eigenvalue weighted by Crippen LogP contribution is 2.22. The minimum Gasteiger partial charge on any atom is -0.379 e. The third kappa shape index (κ3) is 3.84. The largest absolute Gasteiger partial charge is 0.379 e. The first-order valence-electron chi connectivity index (χ1n) is 9.01. The highest BCUT2D eigenvalue weighted by atomic mass is 19.1. The molecule has 1 amide bonds. The van der Waals surface area contributed by atoms with Gasteiger partial charge in [0.15, 0.2) is 5.69 Å². The van der Waals surface area contributed by atoms with Crippen molar-refractivity contribution in [3.63, 3.8) is 0 Å². The molecule has 0 unspecified atom stereocenters. The third-order valence-electron chi connectivity index (χ3n) is 4.88. The van der Waals surface area contributed by atoms with Crippen LogP contribution in [0.1, 0.15) is 22.1 Å². The molecule has 1 aliphatic heterocycles. The summed E-state index contributed by atoms with van der Waals surface area (Å²) in [6, 6.07) is 13.9. The third-order valence-corrected chi connectivity index (χ3v) is 4.88. The summed E-state index contributed by atoms with van der Waals surface area (Å²) in [6.45, 7) is 3.24. The zero-order valence-electron chi connectivity index (χ0n) is 14.8. The SMILES string of the molecule is O=C(NC[C@H](c1ccc(F)cc1)N1CCOCC1)c1n[nH]c2ccccc12. The molecule has 1 aliphatic rings. The Balaban J connectivity index is 1.52. The standard InChI is InChI=1S/C20H21FN4O2/c21-15-7-5-14(6-8-15)18(25-9-11-27-12-10-25)13-22-20(26)19-16-3-1-2-4-17(16)23-24-19/h1-8,18H,9-13H2,(H,22,26)(H,23,24)/t18-/m1/s1. The van der Waals surface area contributed by atoms with Crippen molar-refractivity contribution in [2.45, 2.75) is 6.04 Å². The number of aromatic amines is 1. The number of hydrogen-bond donors (Lipinski definition) is 2. The number of carbonyl (C=O) groups is 1. The molecule has 2 N–H and O–H groups in total. The van der Waals surface area contributed by atoms with Crippen LogP contribution in [0.5, 0.6) is 0 Å². The number of H-pyrrole nitrogens is 1. The number of fused-ring (bicyclic) bond motifs is 1. The molecule has 0 bridgehead atoms. The van der Waals surface area contributed by atoms with Gasteiger partial charge in [0, 0.05) is 25.0 Å². The van der Waals surface area contributed by atoms with E-state index in [4.69, 9.17) is 4.74 Å². The van der Waals surface area contributed by atoms with Gasteiger partial charge in [-0.25, -0.2) is 4.39 Å². The number of amides is 1. The van der Waals surface area contributed by atoms with Crippen molar-refractivity contribution in [2.75, 3.05) is 32.8 Å². The van der Waals surface area contributed by atoms with Crippen LogP contribution < -0.4 is 5.32 Å². The van der Waals surface area contributed by atoms with Crippen molar-refractivity contribution in [3.05, 3.63) is 65.6 Å². The van der Waals surface area contributed by atoms with Crippen LogP contribution in [0.3, 0.4) is 0 Å². The maximum absolute atomic E-state index is 13.3. The molecule has 0 radical (unpaired) electrons. The Morgan fingerprint density at radius 2 is 1.93 bits per heavy atom. The van der Waals surface area contributed by atoms with Gasteiger partial charge in [0.25, 0.3) is 5.91 Å². The average molecular weight is 368 g/mol. The van der Waals surface area contributed by atoms with Crippen LogP contribution in [0.4, 0.5) is 4.39 Å². The average Bonchev–Trinajstić information content (AvgIpc) is 3.14. The summed E-state index contributed by atoms with van der Waals surface area (Å²) in [7, 11) is 0. The van der Waals surface area contributed by atoms with Gasteiger partial charge in [-0.2, -0.15) is 5.10 Å². The van der Waals surface area contributed by atoms with Crippen LogP contribution in [0.2, 0.25) is 0 Å². The minimum atomic E-state index is -0.272. The molecule has 1 aromatic heterocycles.